The molecule has 0 aliphatic heterocycles. The molecular formula is C12H12BrN3OS. The van der Waals surface area contributed by atoms with E-state index in [1.54, 1.807) is 29.5 Å². The molecule has 6 heteroatoms. The molecule has 2 aromatic heterocycles. The smallest absolute Gasteiger partial charge is 0.269 e. The van der Waals surface area contributed by atoms with Crippen LogP contribution in [0.4, 0.5) is 0 Å². The van der Waals surface area contributed by atoms with Crippen LogP contribution in [0.1, 0.15) is 21.2 Å². The first-order chi connectivity index (χ1) is 8.65. The predicted octanol–water partition coefficient (Wildman–Crippen LogP) is 2.58. The lowest BCUT2D eigenvalue weighted by Gasteiger charge is -2.03. The number of nitrogens with one attached hydrogen (secondary N) is 1. The van der Waals surface area contributed by atoms with Crippen LogP contribution in [-0.4, -0.2) is 22.4 Å². The normalized spacial score (nSPS) is 10.3. The molecule has 0 atom stereocenters. The van der Waals surface area contributed by atoms with Gasteiger partial charge in [-0.15, -0.1) is 11.3 Å². The Balaban J connectivity index is 1.85. The molecule has 0 bridgehead atoms. The first kappa shape index (κ1) is 13.2. The number of rotatable bonds is 4. The van der Waals surface area contributed by atoms with Crippen LogP contribution in [-0.2, 0) is 6.42 Å². The average Bonchev–Trinajstić information content (AvgIpc) is 2.75. The predicted molar refractivity (Wildman–Crippen MR) is 74.8 cm³/mol. The number of carbonyl (C=O) groups excluding carboxylic acids is 1. The largest absolute Gasteiger partial charge is 0.350 e. The van der Waals surface area contributed by atoms with Gasteiger partial charge in [-0.3, -0.25) is 4.79 Å². The molecule has 0 unspecified atom stereocenters. The maximum atomic E-state index is 11.8. The Morgan fingerprint density at radius 3 is 2.94 bits per heavy atom. The lowest BCUT2D eigenvalue weighted by molar-refractivity contribution is 0.0949. The highest BCUT2D eigenvalue weighted by Crippen LogP contribution is 2.09. The molecule has 0 fully saturated rings. The molecule has 0 saturated heterocycles. The van der Waals surface area contributed by atoms with Crippen LogP contribution >= 0.6 is 27.3 Å². The summed E-state index contributed by atoms with van der Waals surface area (Å²) in [6.45, 7) is 2.53. The summed E-state index contributed by atoms with van der Waals surface area (Å²) in [5.41, 5.74) is 1.44. The van der Waals surface area contributed by atoms with E-state index in [9.17, 15) is 4.79 Å². The minimum Gasteiger partial charge on any atom is -0.350 e. The van der Waals surface area contributed by atoms with Crippen molar-refractivity contribution in [3.63, 3.8) is 0 Å². The van der Waals surface area contributed by atoms with Crippen molar-refractivity contribution in [3.8, 4) is 0 Å². The van der Waals surface area contributed by atoms with Gasteiger partial charge in [0, 0.05) is 24.0 Å². The third-order valence-corrected chi connectivity index (χ3v) is 3.71. The van der Waals surface area contributed by atoms with Gasteiger partial charge in [0.05, 0.1) is 5.01 Å². The van der Waals surface area contributed by atoms with Crippen LogP contribution in [0.25, 0.3) is 0 Å². The van der Waals surface area contributed by atoms with Crippen molar-refractivity contribution in [1.82, 2.24) is 15.3 Å². The number of pyridine rings is 1. The van der Waals surface area contributed by atoms with E-state index < -0.39 is 0 Å². The molecule has 2 rings (SSSR count). The Morgan fingerprint density at radius 2 is 2.28 bits per heavy atom. The molecule has 0 aliphatic rings. The standard InChI is InChI=1S/C12H12BrN3OS/c1-8-7-18-11(15-8)5-6-14-12(17)9-3-2-4-10(13)16-9/h2-4,7H,5-6H2,1H3,(H,14,17). The Bertz CT molecular complexity index is 556. The van der Waals surface area contributed by atoms with Gasteiger partial charge in [-0.1, -0.05) is 6.07 Å². The number of thiazole rings is 1. The van der Waals surface area contributed by atoms with Gasteiger partial charge in [0.15, 0.2) is 0 Å². The zero-order valence-electron chi connectivity index (χ0n) is 9.81. The van der Waals surface area contributed by atoms with Crippen LogP contribution in [0.2, 0.25) is 0 Å². The highest BCUT2D eigenvalue weighted by molar-refractivity contribution is 9.10. The van der Waals surface area contributed by atoms with Crippen LogP contribution in [0.15, 0.2) is 28.2 Å². The van der Waals surface area contributed by atoms with Gasteiger partial charge in [0.1, 0.15) is 10.3 Å². The van der Waals surface area contributed by atoms with Crippen molar-refractivity contribution in [1.29, 1.82) is 0 Å². The fourth-order valence-corrected chi connectivity index (χ4v) is 2.55. The molecule has 2 heterocycles. The van der Waals surface area contributed by atoms with E-state index in [0.29, 0.717) is 16.8 Å². The molecule has 4 nitrogen and oxygen atoms in total. The fourth-order valence-electron chi connectivity index (χ4n) is 1.43. The van der Waals surface area contributed by atoms with Gasteiger partial charge in [-0.2, -0.15) is 0 Å². The van der Waals surface area contributed by atoms with E-state index in [2.05, 4.69) is 31.2 Å². The lowest BCUT2D eigenvalue weighted by Crippen LogP contribution is -2.26. The summed E-state index contributed by atoms with van der Waals surface area (Å²) < 4.78 is 0.658. The van der Waals surface area contributed by atoms with Gasteiger partial charge in [-0.05, 0) is 35.0 Å². The molecule has 1 N–H and O–H groups in total. The summed E-state index contributed by atoms with van der Waals surface area (Å²) in [7, 11) is 0. The monoisotopic (exact) mass is 325 g/mol. The lowest BCUT2D eigenvalue weighted by atomic mass is 10.3. The van der Waals surface area contributed by atoms with E-state index in [1.165, 1.54) is 0 Å². The zero-order valence-corrected chi connectivity index (χ0v) is 12.2. The number of carbonyl (C=O) groups is 1. The Morgan fingerprint density at radius 1 is 1.44 bits per heavy atom. The Hall–Kier alpha value is -1.27. The summed E-state index contributed by atoms with van der Waals surface area (Å²) in [5.74, 6) is -0.162. The maximum Gasteiger partial charge on any atom is 0.269 e. The number of aryl methyl sites for hydroxylation is 1. The molecule has 0 aromatic carbocycles. The second kappa shape index (κ2) is 6.06. The second-order valence-electron chi connectivity index (χ2n) is 3.73. The molecule has 94 valence electrons. The summed E-state index contributed by atoms with van der Waals surface area (Å²) in [6, 6.07) is 5.26. The average molecular weight is 326 g/mol. The van der Waals surface area contributed by atoms with Crippen LogP contribution in [0, 0.1) is 6.92 Å². The number of amides is 1. The third kappa shape index (κ3) is 3.61. The maximum absolute atomic E-state index is 11.8. The second-order valence-corrected chi connectivity index (χ2v) is 5.49. The Labute approximate surface area is 118 Å². The molecule has 18 heavy (non-hydrogen) atoms. The number of aromatic nitrogens is 2. The van der Waals surface area contributed by atoms with E-state index in [1.807, 2.05) is 12.3 Å². The molecular weight excluding hydrogens is 314 g/mol. The summed E-state index contributed by atoms with van der Waals surface area (Å²) in [5, 5.41) is 5.87. The van der Waals surface area contributed by atoms with E-state index >= 15 is 0 Å². The van der Waals surface area contributed by atoms with Crippen molar-refractivity contribution in [3.05, 3.63) is 44.6 Å². The van der Waals surface area contributed by atoms with E-state index in [0.717, 1.165) is 17.1 Å². The minimum atomic E-state index is -0.162. The SMILES string of the molecule is Cc1csc(CCNC(=O)c2cccc(Br)n2)n1. The molecule has 0 saturated carbocycles. The number of nitrogens with zero attached hydrogens (tertiary/aromatic N) is 2. The fraction of sp³-hybridized carbons (Fsp3) is 0.250. The third-order valence-electron chi connectivity index (χ3n) is 2.24. The number of halogens is 1. The topological polar surface area (TPSA) is 54.9 Å². The molecule has 0 spiro atoms. The van der Waals surface area contributed by atoms with Gasteiger partial charge >= 0.3 is 0 Å². The van der Waals surface area contributed by atoms with Gasteiger partial charge in [0.2, 0.25) is 0 Å². The summed E-state index contributed by atoms with van der Waals surface area (Å²) >= 11 is 4.85. The van der Waals surface area contributed by atoms with E-state index in [4.69, 9.17) is 0 Å². The first-order valence-corrected chi connectivity index (χ1v) is 7.14. The minimum absolute atomic E-state index is 0.162. The van der Waals surface area contributed by atoms with E-state index in [-0.39, 0.29) is 5.91 Å². The summed E-state index contributed by atoms with van der Waals surface area (Å²) in [6.07, 6.45) is 0.748. The Kier molecular flexibility index (Phi) is 4.43. The number of hydrogen-bond acceptors (Lipinski definition) is 4. The zero-order chi connectivity index (χ0) is 13.0. The van der Waals surface area contributed by atoms with Crippen molar-refractivity contribution >= 4 is 33.2 Å². The van der Waals surface area contributed by atoms with Gasteiger partial charge < -0.3 is 5.32 Å². The molecule has 1 amide bonds. The molecule has 0 aliphatic carbocycles. The highest BCUT2D eigenvalue weighted by atomic mass is 79.9. The quantitative estimate of drug-likeness (QED) is 0.879. The molecule has 2 aromatic rings. The van der Waals surface area contributed by atoms with Crippen molar-refractivity contribution < 1.29 is 4.79 Å². The van der Waals surface area contributed by atoms with Crippen molar-refractivity contribution in [2.75, 3.05) is 6.54 Å². The number of hydrogen-bond donors (Lipinski definition) is 1. The summed E-state index contributed by atoms with van der Waals surface area (Å²) in [4.78, 5) is 20.2. The van der Waals surface area contributed by atoms with Gasteiger partial charge in [0.25, 0.3) is 5.91 Å². The van der Waals surface area contributed by atoms with Crippen molar-refractivity contribution in [2.45, 2.75) is 13.3 Å². The van der Waals surface area contributed by atoms with Gasteiger partial charge in [-0.25, -0.2) is 9.97 Å². The van der Waals surface area contributed by atoms with Crippen molar-refractivity contribution in [2.24, 2.45) is 0 Å². The van der Waals surface area contributed by atoms with Crippen LogP contribution in [0.3, 0.4) is 0 Å². The first-order valence-electron chi connectivity index (χ1n) is 5.47. The molecule has 0 radical (unpaired) electrons. The van der Waals surface area contributed by atoms with Crippen LogP contribution < -0.4 is 5.32 Å². The van der Waals surface area contributed by atoms with Crippen LogP contribution in [0.5, 0.6) is 0 Å². The highest BCUT2D eigenvalue weighted by Gasteiger charge is 2.07.